The summed E-state index contributed by atoms with van der Waals surface area (Å²) in [7, 11) is 2.19. The fraction of sp³-hybridized carbons (Fsp3) is 0.133. The molecule has 0 N–H and O–H groups in total. The topological polar surface area (TPSA) is 17.1 Å². The smallest absolute Gasteiger partial charge is 0.193 e. The molecule has 1 aliphatic rings. The molecule has 0 saturated carbocycles. The molecule has 0 unspecified atom stereocenters. The van der Waals surface area contributed by atoms with Crippen molar-refractivity contribution in [2.45, 2.75) is 12.2 Å². The quantitative estimate of drug-likeness (QED) is 0.621. The van der Waals surface area contributed by atoms with Crippen LogP contribution in [-0.4, -0.2) is 13.6 Å². The van der Waals surface area contributed by atoms with E-state index in [-0.39, 0.29) is 5.78 Å². The summed E-state index contributed by atoms with van der Waals surface area (Å²) < 4.78 is 0. The molecular formula is C15H13BO. The van der Waals surface area contributed by atoms with E-state index in [0.29, 0.717) is 5.82 Å². The summed E-state index contributed by atoms with van der Waals surface area (Å²) in [6, 6.07) is 15.9. The predicted octanol–water partition coefficient (Wildman–Crippen LogP) is 2.15. The first-order valence-electron chi connectivity index (χ1n) is 5.99. The summed E-state index contributed by atoms with van der Waals surface area (Å²) in [5.41, 5.74) is 4.07. The van der Waals surface area contributed by atoms with Crippen LogP contribution in [0.25, 0.3) is 0 Å². The molecule has 1 aliphatic carbocycles. The van der Waals surface area contributed by atoms with E-state index in [1.54, 1.807) is 0 Å². The number of ketones is 1. The lowest BCUT2D eigenvalue weighted by Gasteiger charge is -2.11. The van der Waals surface area contributed by atoms with Crippen LogP contribution in [-0.2, 0) is 6.42 Å². The van der Waals surface area contributed by atoms with Crippen LogP contribution in [0, 0.1) is 0 Å². The van der Waals surface area contributed by atoms with E-state index in [1.807, 2.05) is 36.4 Å². The molecule has 0 radical (unpaired) electrons. The molecule has 0 fully saturated rings. The maximum absolute atomic E-state index is 12.5. The maximum atomic E-state index is 12.5. The Kier molecular flexibility index (Phi) is 2.36. The Labute approximate surface area is 102 Å². The third-order valence-electron chi connectivity index (χ3n) is 3.52. The lowest BCUT2D eigenvalue weighted by atomic mass is 9.76. The van der Waals surface area contributed by atoms with Gasteiger partial charge in [0.15, 0.2) is 5.78 Å². The van der Waals surface area contributed by atoms with E-state index in [0.717, 1.165) is 17.5 Å². The molecule has 2 aromatic rings. The van der Waals surface area contributed by atoms with E-state index in [4.69, 9.17) is 0 Å². The van der Waals surface area contributed by atoms with Crippen molar-refractivity contribution >= 4 is 13.6 Å². The van der Waals surface area contributed by atoms with Crippen LogP contribution >= 0.6 is 0 Å². The fourth-order valence-corrected chi connectivity index (χ4v) is 2.64. The molecule has 0 aromatic heterocycles. The minimum Gasteiger partial charge on any atom is -0.289 e. The summed E-state index contributed by atoms with van der Waals surface area (Å²) in [6.45, 7) is 0. The van der Waals surface area contributed by atoms with Crippen LogP contribution in [0.5, 0.6) is 0 Å². The van der Waals surface area contributed by atoms with Gasteiger partial charge in [0.1, 0.15) is 7.85 Å². The summed E-state index contributed by atoms with van der Waals surface area (Å²) in [5.74, 6) is 0.569. The Morgan fingerprint density at radius 3 is 2.41 bits per heavy atom. The van der Waals surface area contributed by atoms with Crippen molar-refractivity contribution < 1.29 is 4.79 Å². The van der Waals surface area contributed by atoms with Crippen LogP contribution in [0.2, 0.25) is 0 Å². The Balaban J connectivity index is 2.26. The van der Waals surface area contributed by atoms with Gasteiger partial charge in [-0.05, 0) is 23.4 Å². The van der Waals surface area contributed by atoms with E-state index >= 15 is 0 Å². The standard InChI is InChI=1S/C15H13BO/c16-14-9-10-5-1-2-6-11(10)15(17)13-8-4-3-7-12(13)14/h1-8,14H,9,16H2/t14-/m1/s1. The number of hydrogen-bond acceptors (Lipinski definition) is 1. The third kappa shape index (κ3) is 1.61. The van der Waals surface area contributed by atoms with E-state index in [1.165, 1.54) is 11.1 Å². The van der Waals surface area contributed by atoms with Gasteiger partial charge in [-0.2, -0.15) is 0 Å². The van der Waals surface area contributed by atoms with Crippen molar-refractivity contribution in [3.05, 3.63) is 70.8 Å². The fourth-order valence-electron chi connectivity index (χ4n) is 2.64. The highest BCUT2D eigenvalue weighted by Crippen LogP contribution is 2.29. The van der Waals surface area contributed by atoms with Gasteiger partial charge in [-0.25, -0.2) is 0 Å². The highest BCUT2D eigenvalue weighted by atomic mass is 16.1. The molecule has 0 saturated heterocycles. The molecule has 2 aromatic carbocycles. The second-order valence-corrected chi connectivity index (χ2v) is 4.68. The van der Waals surface area contributed by atoms with Gasteiger partial charge in [0.25, 0.3) is 0 Å². The van der Waals surface area contributed by atoms with Crippen LogP contribution in [0.3, 0.4) is 0 Å². The number of benzene rings is 2. The second-order valence-electron chi connectivity index (χ2n) is 4.68. The minimum absolute atomic E-state index is 0.167. The van der Waals surface area contributed by atoms with Crippen LogP contribution in [0.1, 0.15) is 32.9 Å². The van der Waals surface area contributed by atoms with Gasteiger partial charge in [-0.3, -0.25) is 4.79 Å². The van der Waals surface area contributed by atoms with Gasteiger partial charge in [-0.15, -0.1) is 0 Å². The first-order valence-corrected chi connectivity index (χ1v) is 5.99. The first kappa shape index (κ1) is 10.3. The zero-order valence-corrected chi connectivity index (χ0v) is 9.81. The SMILES string of the molecule is B[C@@H]1Cc2ccccc2C(=O)c2ccccc21. The summed E-state index contributed by atoms with van der Waals surface area (Å²) in [5, 5.41) is 0. The van der Waals surface area contributed by atoms with Gasteiger partial charge >= 0.3 is 0 Å². The molecule has 1 nitrogen and oxygen atoms in total. The molecule has 0 spiro atoms. The Bertz CT molecular complexity index is 589. The van der Waals surface area contributed by atoms with Crippen LogP contribution in [0.4, 0.5) is 0 Å². The van der Waals surface area contributed by atoms with Gasteiger partial charge in [-0.1, -0.05) is 48.5 Å². The molecule has 1 atom stereocenters. The average Bonchev–Trinajstić information content (AvgIpc) is 2.48. The maximum Gasteiger partial charge on any atom is 0.193 e. The van der Waals surface area contributed by atoms with Crippen molar-refractivity contribution in [1.82, 2.24) is 0 Å². The summed E-state index contributed by atoms with van der Waals surface area (Å²) in [6.07, 6.45) is 0.943. The highest BCUT2D eigenvalue weighted by Gasteiger charge is 2.23. The summed E-state index contributed by atoms with van der Waals surface area (Å²) in [4.78, 5) is 12.5. The lowest BCUT2D eigenvalue weighted by molar-refractivity contribution is 0.103. The van der Waals surface area contributed by atoms with Gasteiger partial charge in [0.05, 0.1) is 0 Å². The number of fused-ring (bicyclic) bond motifs is 2. The van der Waals surface area contributed by atoms with E-state index < -0.39 is 0 Å². The zero-order chi connectivity index (χ0) is 11.8. The van der Waals surface area contributed by atoms with Crippen LogP contribution in [0.15, 0.2) is 48.5 Å². The highest BCUT2D eigenvalue weighted by molar-refractivity contribution is 6.17. The molecule has 0 bridgehead atoms. The molecule has 82 valence electrons. The van der Waals surface area contributed by atoms with Crippen LogP contribution < -0.4 is 0 Å². The second kappa shape index (κ2) is 3.88. The summed E-state index contributed by atoms with van der Waals surface area (Å²) >= 11 is 0. The zero-order valence-electron chi connectivity index (χ0n) is 9.81. The first-order chi connectivity index (χ1) is 8.27. The molecular weight excluding hydrogens is 207 g/mol. The molecule has 0 amide bonds. The Morgan fingerprint density at radius 2 is 1.59 bits per heavy atom. The minimum atomic E-state index is 0.167. The van der Waals surface area contributed by atoms with Crippen molar-refractivity contribution in [2.75, 3.05) is 0 Å². The molecule has 17 heavy (non-hydrogen) atoms. The predicted molar refractivity (Wildman–Crippen MR) is 71.3 cm³/mol. The largest absolute Gasteiger partial charge is 0.289 e. The molecule has 2 heteroatoms. The lowest BCUT2D eigenvalue weighted by Crippen LogP contribution is -2.04. The molecule has 3 rings (SSSR count). The third-order valence-corrected chi connectivity index (χ3v) is 3.52. The monoisotopic (exact) mass is 220 g/mol. The Morgan fingerprint density at radius 1 is 0.941 bits per heavy atom. The number of rotatable bonds is 0. The van der Waals surface area contributed by atoms with E-state index in [9.17, 15) is 4.79 Å². The average molecular weight is 220 g/mol. The van der Waals surface area contributed by atoms with Crippen molar-refractivity contribution in [1.29, 1.82) is 0 Å². The van der Waals surface area contributed by atoms with E-state index in [2.05, 4.69) is 20.0 Å². The van der Waals surface area contributed by atoms with Crippen molar-refractivity contribution in [3.8, 4) is 0 Å². The number of carbonyl (C=O) groups excluding carboxylic acids is 1. The molecule has 0 heterocycles. The van der Waals surface area contributed by atoms with Crippen molar-refractivity contribution in [3.63, 3.8) is 0 Å². The number of hydrogen-bond donors (Lipinski definition) is 0. The van der Waals surface area contributed by atoms with Crippen molar-refractivity contribution in [2.24, 2.45) is 0 Å². The van der Waals surface area contributed by atoms with Gasteiger partial charge < -0.3 is 0 Å². The Hall–Kier alpha value is -1.83. The number of carbonyl (C=O) groups is 1. The van der Waals surface area contributed by atoms with Gasteiger partial charge in [0, 0.05) is 11.1 Å². The van der Waals surface area contributed by atoms with Gasteiger partial charge in [0.2, 0.25) is 0 Å². The normalized spacial score (nSPS) is 18.1. The molecule has 0 aliphatic heterocycles.